The van der Waals surface area contributed by atoms with Gasteiger partial charge in [0.1, 0.15) is 0 Å². The largest absolute Gasteiger partial charge is 0.325 e. The molecule has 1 aliphatic rings. The summed E-state index contributed by atoms with van der Waals surface area (Å²) in [6, 6.07) is 2.20. The summed E-state index contributed by atoms with van der Waals surface area (Å²) in [6.07, 6.45) is 3.28. The molecule has 1 aromatic carbocycles. The third kappa shape index (κ3) is 3.30. The molecule has 1 heterocycles. The van der Waals surface area contributed by atoms with E-state index in [0.717, 1.165) is 42.8 Å². The fourth-order valence-electron chi connectivity index (χ4n) is 2.54. The SMILES string of the molecule is C[C@H]1CCCC[NH+]1CC(=O)Nc1ccc(F)c(F)c1F. The number of carbonyl (C=O) groups is 1. The predicted octanol–water partition coefficient (Wildman–Crippen LogP) is 1.50. The highest BCUT2D eigenvalue weighted by molar-refractivity contribution is 5.91. The van der Waals surface area contributed by atoms with E-state index >= 15 is 0 Å². The zero-order valence-electron chi connectivity index (χ0n) is 11.3. The number of piperidine rings is 1. The highest BCUT2D eigenvalue weighted by Crippen LogP contribution is 2.19. The fraction of sp³-hybridized carbons (Fsp3) is 0.500. The van der Waals surface area contributed by atoms with Crippen molar-refractivity contribution in [3.8, 4) is 0 Å². The van der Waals surface area contributed by atoms with E-state index in [1.165, 1.54) is 0 Å². The summed E-state index contributed by atoms with van der Waals surface area (Å²) in [5.74, 6) is -4.59. The number of rotatable bonds is 3. The van der Waals surface area contributed by atoms with E-state index in [1.54, 1.807) is 0 Å². The maximum atomic E-state index is 13.4. The maximum absolute atomic E-state index is 13.4. The molecule has 0 radical (unpaired) electrons. The number of nitrogens with one attached hydrogen (secondary N) is 2. The molecular formula is C14H18F3N2O+. The molecule has 1 fully saturated rings. The van der Waals surface area contributed by atoms with Crippen LogP contribution in [0.5, 0.6) is 0 Å². The Morgan fingerprint density at radius 2 is 2.05 bits per heavy atom. The molecule has 1 saturated heterocycles. The van der Waals surface area contributed by atoms with Crippen LogP contribution in [0.1, 0.15) is 26.2 Å². The van der Waals surface area contributed by atoms with Gasteiger partial charge in [-0.1, -0.05) is 0 Å². The van der Waals surface area contributed by atoms with Gasteiger partial charge in [-0.15, -0.1) is 0 Å². The van der Waals surface area contributed by atoms with Crippen LogP contribution in [0, 0.1) is 17.5 Å². The first kappa shape index (κ1) is 14.8. The monoisotopic (exact) mass is 287 g/mol. The molecule has 0 aliphatic carbocycles. The minimum atomic E-state index is -1.57. The Bertz CT molecular complexity index is 507. The molecule has 110 valence electrons. The summed E-state index contributed by atoms with van der Waals surface area (Å²) in [7, 11) is 0. The van der Waals surface area contributed by atoms with Crippen LogP contribution in [0.15, 0.2) is 12.1 Å². The molecule has 2 rings (SSSR count). The van der Waals surface area contributed by atoms with E-state index < -0.39 is 23.4 Å². The molecule has 6 heteroatoms. The van der Waals surface area contributed by atoms with Crippen molar-refractivity contribution in [1.29, 1.82) is 0 Å². The lowest BCUT2D eigenvalue weighted by molar-refractivity contribution is -0.920. The quantitative estimate of drug-likeness (QED) is 0.812. The van der Waals surface area contributed by atoms with Gasteiger partial charge >= 0.3 is 0 Å². The average molecular weight is 287 g/mol. The lowest BCUT2D eigenvalue weighted by Crippen LogP contribution is -3.17. The van der Waals surface area contributed by atoms with E-state index in [9.17, 15) is 18.0 Å². The van der Waals surface area contributed by atoms with Crippen molar-refractivity contribution in [2.45, 2.75) is 32.2 Å². The van der Waals surface area contributed by atoms with Crippen LogP contribution in [0.25, 0.3) is 0 Å². The van der Waals surface area contributed by atoms with Crippen molar-refractivity contribution in [3.05, 3.63) is 29.6 Å². The Morgan fingerprint density at radius 3 is 2.75 bits per heavy atom. The van der Waals surface area contributed by atoms with Gasteiger partial charge in [0.25, 0.3) is 5.91 Å². The smallest absolute Gasteiger partial charge is 0.279 e. The topological polar surface area (TPSA) is 33.5 Å². The highest BCUT2D eigenvalue weighted by Gasteiger charge is 2.25. The van der Waals surface area contributed by atoms with Gasteiger partial charge in [0.05, 0.1) is 18.3 Å². The first-order valence-electron chi connectivity index (χ1n) is 6.77. The van der Waals surface area contributed by atoms with E-state index in [-0.39, 0.29) is 12.2 Å². The third-order valence-electron chi connectivity index (χ3n) is 3.78. The number of benzene rings is 1. The van der Waals surface area contributed by atoms with Gasteiger partial charge in [0.15, 0.2) is 24.0 Å². The molecule has 0 saturated carbocycles. The molecule has 1 aromatic rings. The molecule has 20 heavy (non-hydrogen) atoms. The van der Waals surface area contributed by atoms with Crippen LogP contribution in [-0.4, -0.2) is 25.0 Å². The number of likely N-dealkylation sites (tertiary alicyclic amines) is 1. The van der Waals surface area contributed by atoms with Gasteiger partial charge in [-0.05, 0) is 38.3 Å². The summed E-state index contributed by atoms with van der Waals surface area (Å²) in [5, 5.41) is 2.30. The van der Waals surface area contributed by atoms with Crippen molar-refractivity contribution >= 4 is 11.6 Å². The van der Waals surface area contributed by atoms with Crippen molar-refractivity contribution in [1.82, 2.24) is 0 Å². The molecule has 2 atom stereocenters. The predicted molar refractivity (Wildman–Crippen MR) is 69.0 cm³/mol. The summed E-state index contributed by atoms with van der Waals surface area (Å²) >= 11 is 0. The van der Waals surface area contributed by atoms with Gasteiger partial charge in [0.2, 0.25) is 0 Å². The Labute approximate surface area is 115 Å². The number of quaternary nitrogens is 1. The molecule has 1 aliphatic heterocycles. The Morgan fingerprint density at radius 1 is 1.30 bits per heavy atom. The van der Waals surface area contributed by atoms with Gasteiger partial charge in [0, 0.05) is 0 Å². The summed E-state index contributed by atoms with van der Waals surface area (Å²) < 4.78 is 39.3. The van der Waals surface area contributed by atoms with Crippen molar-refractivity contribution in [2.24, 2.45) is 0 Å². The first-order chi connectivity index (χ1) is 9.49. The number of hydrogen-bond donors (Lipinski definition) is 2. The second kappa shape index (κ2) is 6.26. The Balaban J connectivity index is 1.99. The van der Waals surface area contributed by atoms with Crippen LogP contribution in [0.3, 0.4) is 0 Å². The van der Waals surface area contributed by atoms with Crippen LogP contribution in [0.4, 0.5) is 18.9 Å². The fourth-order valence-corrected chi connectivity index (χ4v) is 2.54. The number of hydrogen-bond acceptors (Lipinski definition) is 1. The first-order valence-corrected chi connectivity index (χ1v) is 6.77. The number of halogens is 3. The van der Waals surface area contributed by atoms with Gasteiger partial charge < -0.3 is 10.2 Å². The lowest BCUT2D eigenvalue weighted by atomic mass is 10.0. The highest BCUT2D eigenvalue weighted by atomic mass is 19.2. The molecular weight excluding hydrogens is 269 g/mol. The van der Waals surface area contributed by atoms with Gasteiger partial charge in [-0.3, -0.25) is 4.79 Å². The normalized spacial score (nSPS) is 22.6. The number of carbonyl (C=O) groups excluding carboxylic acids is 1. The molecule has 2 N–H and O–H groups in total. The summed E-state index contributed by atoms with van der Waals surface area (Å²) in [4.78, 5) is 13.0. The number of anilines is 1. The van der Waals surface area contributed by atoms with Crippen LogP contribution >= 0.6 is 0 Å². The summed E-state index contributed by atoms with van der Waals surface area (Å²) in [6.45, 7) is 3.17. The van der Waals surface area contributed by atoms with Gasteiger partial charge in [-0.25, -0.2) is 13.2 Å². The molecule has 0 bridgehead atoms. The number of amides is 1. The standard InChI is InChI=1S/C14H17F3N2O/c1-9-4-2-3-7-19(9)8-12(20)18-11-6-5-10(15)13(16)14(11)17/h5-6,9H,2-4,7-8H2,1H3,(H,18,20)/p+1/t9-/m0/s1. The average Bonchev–Trinajstić information content (AvgIpc) is 2.42. The second-order valence-corrected chi connectivity index (χ2v) is 5.25. The summed E-state index contributed by atoms with van der Waals surface area (Å²) in [5.41, 5.74) is -0.321. The van der Waals surface area contributed by atoms with E-state index in [2.05, 4.69) is 12.2 Å². The molecule has 3 nitrogen and oxygen atoms in total. The van der Waals surface area contributed by atoms with Crippen LogP contribution in [0.2, 0.25) is 0 Å². The lowest BCUT2D eigenvalue weighted by Gasteiger charge is -2.29. The van der Waals surface area contributed by atoms with E-state index in [1.807, 2.05) is 0 Å². The maximum Gasteiger partial charge on any atom is 0.279 e. The second-order valence-electron chi connectivity index (χ2n) is 5.25. The Kier molecular flexibility index (Phi) is 4.65. The molecule has 0 spiro atoms. The molecule has 1 amide bonds. The zero-order valence-corrected chi connectivity index (χ0v) is 11.3. The van der Waals surface area contributed by atoms with Crippen LogP contribution in [-0.2, 0) is 4.79 Å². The minimum absolute atomic E-state index is 0.208. The van der Waals surface area contributed by atoms with Crippen molar-refractivity contribution in [3.63, 3.8) is 0 Å². The minimum Gasteiger partial charge on any atom is -0.325 e. The third-order valence-corrected chi connectivity index (χ3v) is 3.78. The van der Waals surface area contributed by atoms with Crippen molar-refractivity contribution < 1.29 is 22.9 Å². The Hall–Kier alpha value is -1.56. The van der Waals surface area contributed by atoms with E-state index in [4.69, 9.17) is 0 Å². The van der Waals surface area contributed by atoms with E-state index in [0.29, 0.717) is 6.04 Å². The molecule has 1 unspecified atom stereocenters. The van der Waals surface area contributed by atoms with Crippen LogP contribution < -0.4 is 10.2 Å². The zero-order chi connectivity index (χ0) is 14.7. The van der Waals surface area contributed by atoms with Gasteiger partial charge in [-0.2, -0.15) is 0 Å². The molecule has 0 aromatic heterocycles. The van der Waals surface area contributed by atoms with Crippen molar-refractivity contribution in [2.75, 3.05) is 18.4 Å².